The monoisotopic (exact) mass is 346 g/mol. The van der Waals surface area contributed by atoms with Crippen molar-refractivity contribution in [3.63, 3.8) is 0 Å². The van der Waals surface area contributed by atoms with Crippen molar-refractivity contribution in [2.45, 2.75) is 20.1 Å². The molecule has 24 heavy (non-hydrogen) atoms. The number of nitrogens with one attached hydrogen (secondary N) is 2. The molecule has 1 unspecified atom stereocenters. The molecule has 5 heteroatoms. The second kappa shape index (κ2) is 9.30. The van der Waals surface area contributed by atoms with Crippen molar-refractivity contribution in [1.82, 2.24) is 10.6 Å². The van der Waals surface area contributed by atoms with Crippen LogP contribution in [0.2, 0.25) is 5.02 Å². The summed E-state index contributed by atoms with van der Waals surface area (Å²) in [4.78, 5) is 12.0. The standard InChI is InChI=1S/C19H23ClN2O2/c1-14(11-21-2)19(23)22-12-15-7-3-4-8-16(15)13-24-18-10-6-5-9-17(18)20/h3-10,14,21H,11-13H2,1-2H3,(H,22,23). The minimum absolute atomic E-state index is 0.0335. The first-order valence-electron chi connectivity index (χ1n) is 7.98. The zero-order chi connectivity index (χ0) is 17.4. The van der Waals surface area contributed by atoms with Crippen molar-refractivity contribution in [2.24, 2.45) is 5.92 Å². The zero-order valence-electron chi connectivity index (χ0n) is 14.0. The maximum atomic E-state index is 12.0. The van der Waals surface area contributed by atoms with E-state index >= 15 is 0 Å². The number of hydrogen-bond acceptors (Lipinski definition) is 3. The molecule has 2 aromatic rings. The molecule has 0 aliphatic carbocycles. The second-order valence-electron chi connectivity index (χ2n) is 5.66. The molecule has 0 heterocycles. The van der Waals surface area contributed by atoms with Crippen LogP contribution in [-0.2, 0) is 17.9 Å². The Hall–Kier alpha value is -2.04. The summed E-state index contributed by atoms with van der Waals surface area (Å²) in [5.41, 5.74) is 2.06. The Kier molecular flexibility index (Phi) is 7.09. The van der Waals surface area contributed by atoms with Crippen LogP contribution in [0.4, 0.5) is 0 Å². The van der Waals surface area contributed by atoms with Crippen LogP contribution in [0, 0.1) is 5.92 Å². The van der Waals surface area contributed by atoms with Crippen LogP contribution < -0.4 is 15.4 Å². The van der Waals surface area contributed by atoms with Gasteiger partial charge in [-0.25, -0.2) is 0 Å². The van der Waals surface area contributed by atoms with E-state index in [1.165, 1.54) is 0 Å². The highest BCUT2D eigenvalue weighted by molar-refractivity contribution is 6.32. The van der Waals surface area contributed by atoms with Gasteiger partial charge in [0.05, 0.1) is 5.02 Å². The van der Waals surface area contributed by atoms with Crippen molar-refractivity contribution in [2.75, 3.05) is 13.6 Å². The number of para-hydroxylation sites is 1. The van der Waals surface area contributed by atoms with E-state index in [9.17, 15) is 4.79 Å². The molecule has 128 valence electrons. The van der Waals surface area contributed by atoms with Gasteiger partial charge in [0.25, 0.3) is 0 Å². The molecule has 2 rings (SSSR count). The SMILES string of the molecule is CNCC(C)C(=O)NCc1ccccc1COc1ccccc1Cl. The fourth-order valence-corrected chi connectivity index (χ4v) is 2.53. The van der Waals surface area contributed by atoms with Crippen LogP contribution in [0.1, 0.15) is 18.1 Å². The van der Waals surface area contributed by atoms with E-state index in [1.807, 2.05) is 56.4 Å². The van der Waals surface area contributed by atoms with E-state index in [1.54, 1.807) is 6.07 Å². The molecule has 0 aliphatic heterocycles. The summed E-state index contributed by atoms with van der Waals surface area (Å²) in [5.74, 6) is 0.619. The third-order valence-corrected chi connectivity index (χ3v) is 4.06. The molecule has 2 N–H and O–H groups in total. The lowest BCUT2D eigenvalue weighted by Crippen LogP contribution is -2.34. The highest BCUT2D eigenvalue weighted by Crippen LogP contribution is 2.24. The van der Waals surface area contributed by atoms with Crippen LogP contribution in [0.15, 0.2) is 48.5 Å². The molecule has 0 spiro atoms. The number of ether oxygens (including phenoxy) is 1. The molecule has 1 atom stereocenters. The van der Waals surface area contributed by atoms with Gasteiger partial charge in [0, 0.05) is 19.0 Å². The average molecular weight is 347 g/mol. The van der Waals surface area contributed by atoms with Crippen molar-refractivity contribution in [3.05, 3.63) is 64.7 Å². The summed E-state index contributed by atoms with van der Waals surface area (Å²) in [5, 5.41) is 6.57. The summed E-state index contributed by atoms with van der Waals surface area (Å²) in [6, 6.07) is 15.3. The van der Waals surface area contributed by atoms with Crippen LogP contribution in [0.25, 0.3) is 0 Å². The Morgan fingerprint density at radius 2 is 1.79 bits per heavy atom. The van der Waals surface area contributed by atoms with Crippen LogP contribution in [0.5, 0.6) is 5.75 Å². The van der Waals surface area contributed by atoms with E-state index in [0.717, 1.165) is 11.1 Å². The van der Waals surface area contributed by atoms with E-state index < -0.39 is 0 Å². The molecule has 2 aromatic carbocycles. The summed E-state index contributed by atoms with van der Waals surface area (Å²) in [6.45, 7) is 3.44. The lowest BCUT2D eigenvalue weighted by molar-refractivity contribution is -0.124. The van der Waals surface area contributed by atoms with Gasteiger partial charge in [-0.3, -0.25) is 4.79 Å². The van der Waals surface area contributed by atoms with E-state index in [-0.39, 0.29) is 11.8 Å². The summed E-state index contributed by atoms with van der Waals surface area (Å²) < 4.78 is 5.80. The molecular weight excluding hydrogens is 324 g/mol. The predicted octanol–water partition coefficient (Wildman–Crippen LogP) is 3.39. The van der Waals surface area contributed by atoms with Gasteiger partial charge in [-0.2, -0.15) is 0 Å². The van der Waals surface area contributed by atoms with Crippen LogP contribution >= 0.6 is 11.6 Å². The maximum Gasteiger partial charge on any atom is 0.224 e. The normalized spacial score (nSPS) is 11.8. The Morgan fingerprint density at radius 1 is 1.12 bits per heavy atom. The number of benzene rings is 2. The third kappa shape index (κ3) is 5.25. The van der Waals surface area contributed by atoms with Crippen LogP contribution in [-0.4, -0.2) is 19.5 Å². The number of amides is 1. The molecule has 0 saturated carbocycles. The number of carbonyl (C=O) groups is 1. The number of hydrogen-bond donors (Lipinski definition) is 2. The van der Waals surface area contributed by atoms with Crippen molar-refractivity contribution >= 4 is 17.5 Å². The van der Waals surface area contributed by atoms with Gasteiger partial charge in [-0.15, -0.1) is 0 Å². The first-order chi connectivity index (χ1) is 11.6. The fourth-order valence-electron chi connectivity index (χ4n) is 2.34. The number of rotatable bonds is 8. The molecule has 1 amide bonds. The van der Waals surface area contributed by atoms with Crippen LogP contribution in [0.3, 0.4) is 0 Å². The smallest absolute Gasteiger partial charge is 0.224 e. The first-order valence-corrected chi connectivity index (χ1v) is 8.36. The average Bonchev–Trinajstić information content (AvgIpc) is 2.60. The molecule has 0 saturated heterocycles. The maximum absolute atomic E-state index is 12.0. The third-order valence-electron chi connectivity index (χ3n) is 3.75. The summed E-state index contributed by atoms with van der Waals surface area (Å²) >= 11 is 6.11. The van der Waals surface area contributed by atoms with Gasteiger partial charge in [0.15, 0.2) is 0 Å². The molecule has 4 nitrogen and oxygen atoms in total. The number of carbonyl (C=O) groups excluding carboxylic acids is 1. The quantitative estimate of drug-likeness (QED) is 0.770. The minimum atomic E-state index is -0.0680. The second-order valence-corrected chi connectivity index (χ2v) is 6.07. The van der Waals surface area contributed by atoms with Gasteiger partial charge in [0.1, 0.15) is 12.4 Å². The van der Waals surface area contributed by atoms with Gasteiger partial charge in [-0.1, -0.05) is 54.9 Å². The highest BCUT2D eigenvalue weighted by Gasteiger charge is 2.12. The van der Waals surface area contributed by atoms with E-state index in [0.29, 0.717) is 30.5 Å². The fraction of sp³-hybridized carbons (Fsp3) is 0.316. The molecule has 0 radical (unpaired) electrons. The van der Waals surface area contributed by atoms with E-state index in [2.05, 4.69) is 10.6 Å². The lowest BCUT2D eigenvalue weighted by atomic mass is 10.1. The molecule has 0 aromatic heterocycles. The van der Waals surface area contributed by atoms with Gasteiger partial charge >= 0.3 is 0 Å². The molecular formula is C19H23ClN2O2. The Morgan fingerprint density at radius 3 is 2.50 bits per heavy atom. The van der Waals surface area contributed by atoms with E-state index in [4.69, 9.17) is 16.3 Å². The zero-order valence-corrected chi connectivity index (χ0v) is 14.8. The molecule has 0 fully saturated rings. The first kappa shape index (κ1) is 18.3. The summed E-state index contributed by atoms with van der Waals surface area (Å²) in [7, 11) is 1.84. The van der Waals surface area contributed by atoms with Gasteiger partial charge in [-0.05, 0) is 30.3 Å². The van der Waals surface area contributed by atoms with Crippen molar-refractivity contribution in [3.8, 4) is 5.75 Å². The lowest BCUT2D eigenvalue weighted by Gasteiger charge is -2.15. The predicted molar refractivity (Wildman–Crippen MR) is 97.2 cm³/mol. The van der Waals surface area contributed by atoms with Crippen molar-refractivity contribution < 1.29 is 9.53 Å². The largest absolute Gasteiger partial charge is 0.487 e. The topological polar surface area (TPSA) is 50.4 Å². The Labute approximate surface area is 148 Å². The highest BCUT2D eigenvalue weighted by atomic mass is 35.5. The molecule has 0 aliphatic rings. The summed E-state index contributed by atoms with van der Waals surface area (Å²) in [6.07, 6.45) is 0. The van der Waals surface area contributed by atoms with Gasteiger partial charge in [0.2, 0.25) is 5.91 Å². The minimum Gasteiger partial charge on any atom is -0.487 e. The molecule has 0 bridgehead atoms. The Balaban J connectivity index is 1.97. The van der Waals surface area contributed by atoms with Crippen molar-refractivity contribution in [1.29, 1.82) is 0 Å². The Bertz CT molecular complexity index is 676. The van der Waals surface area contributed by atoms with Gasteiger partial charge < -0.3 is 15.4 Å². The number of halogens is 1.